The highest BCUT2D eigenvalue weighted by Crippen LogP contribution is 2.30. The van der Waals surface area contributed by atoms with Crippen molar-refractivity contribution in [2.45, 2.75) is 32.9 Å². The lowest BCUT2D eigenvalue weighted by molar-refractivity contribution is -0.140. The number of halogens is 1. The summed E-state index contributed by atoms with van der Waals surface area (Å²) in [6, 6.07) is 22.1. The zero-order chi connectivity index (χ0) is 28.4. The Labute approximate surface area is 235 Å². The van der Waals surface area contributed by atoms with Crippen molar-refractivity contribution in [3.05, 3.63) is 95.0 Å². The van der Waals surface area contributed by atoms with Crippen molar-refractivity contribution in [1.82, 2.24) is 10.2 Å². The van der Waals surface area contributed by atoms with Gasteiger partial charge in [0.1, 0.15) is 18.3 Å². The number of hydrogen-bond acceptors (Lipinski definition) is 5. The van der Waals surface area contributed by atoms with Crippen molar-refractivity contribution in [1.29, 1.82) is 0 Å². The van der Waals surface area contributed by atoms with Gasteiger partial charge in [-0.25, -0.2) is 8.42 Å². The van der Waals surface area contributed by atoms with E-state index in [1.165, 1.54) is 4.90 Å². The van der Waals surface area contributed by atoms with Gasteiger partial charge in [0.05, 0.1) is 18.6 Å². The molecule has 0 aliphatic heterocycles. The number of nitrogens with one attached hydrogen (secondary N) is 1. The van der Waals surface area contributed by atoms with E-state index >= 15 is 0 Å². The van der Waals surface area contributed by atoms with Gasteiger partial charge in [0.25, 0.3) is 0 Å². The van der Waals surface area contributed by atoms with E-state index in [0.717, 1.165) is 21.7 Å². The molecule has 0 aliphatic rings. The highest BCUT2D eigenvalue weighted by atomic mass is 35.5. The first-order valence-electron chi connectivity index (χ1n) is 12.7. The Hall–Kier alpha value is -3.56. The van der Waals surface area contributed by atoms with Crippen LogP contribution in [0.4, 0.5) is 5.69 Å². The van der Waals surface area contributed by atoms with Gasteiger partial charge in [0, 0.05) is 24.5 Å². The Morgan fingerprint density at radius 3 is 2.18 bits per heavy atom. The Kier molecular flexibility index (Phi) is 10.8. The van der Waals surface area contributed by atoms with E-state index in [1.54, 1.807) is 62.4 Å². The van der Waals surface area contributed by atoms with Gasteiger partial charge in [-0.2, -0.15) is 0 Å². The van der Waals surface area contributed by atoms with Gasteiger partial charge in [0.15, 0.2) is 0 Å². The molecule has 1 atom stereocenters. The minimum absolute atomic E-state index is 0.0787. The summed E-state index contributed by atoms with van der Waals surface area (Å²) in [4.78, 5) is 28.8. The van der Waals surface area contributed by atoms with E-state index in [2.05, 4.69) is 5.32 Å². The summed E-state index contributed by atoms with van der Waals surface area (Å²) in [7, 11) is -3.89. The number of para-hydroxylation sites is 2. The number of nitrogens with zero attached hydrogens (tertiary/aromatic N) is 2. The number of rotatable bonds is 13. The first-order valence-corrected chi connectivity index (χ1v) is 14.9. The second kappa shape index (κ2) is 14.0. The molecule has 0 saturated heterocycles. The molecule has 0 fully saturated rings. The van der Waals surface area contributed by atoms with Crippen LogP contribution in [0.15, 0.2) is 78.9 Å². The van der Waals surface area contributed by atoms with Crippen molar-refractivity contribution in [2.75, 3.05) is 30.3 Å². The smallest absolute Gasteiger partial charge is 0.244 e. The van der Waals surface area contributed by atoms with E-state index in [1.807, 2.05) is 30.3 Å². The number of carbonyl (C=O) groups excluding carboxylic acids is 2. The third kappa shape index (κ3) is 8.46. The second-order valence-corrected chi connectivity index (χ2v) is 11.3. The topological polar surface area (TPSA) is 96.0 Å². The van der Waals surface area contributed by atoms with Crippen LogP contribution in [-0.2, 0) is 32.6 Å². The fourth-order valence-electron chi connectivity index (χ4n) is 4.17. The average Bonchev–Trinajstić information content (AvgIpc) is 2.91. The molecule has 0 aromatic heterocycles. The fourth-order valence-corrected chi connectivity index (χ4v) is 5.15. The van der Waals surface area contributed by atoms with Crippen molar-refractivity contribution >= 4 is 39.1 Å². The van der Waals surface area contributed by atoms with Crippen LogP contribution in [0.3, 0.4) is 0 Å². The predicted octanol–water partition coefficient (Wildman–Crippen LogP) is 4.28. The van der Waals surface area contributed by atoms with E-state index in [9.17, 15) is 18.0 Å². The van der Waals surface area contributed by atoms with E-state index in [-0.39, 0.29) is 24.6 Å². The number of amides is 2. The highest BCUT2D eigenvalue weighted by molar-refractivity contribution is 7.92. The summed E-state index contributed by atoms with van der Waals surface area (Å²) in [6.07, 6.45) is 1.29. The maximum absolute atomic E-state index is 14.0. The molecule has 3 aromatic rings. The van der Waals surface area contributed by atoms with Gasteiger partial charge >= 0.3 is 0 Å². The molecule has 39 heavy (non-hydrogen) atoms. The number of benzene rings is 3. The Balaban J connectivity index is 2.05. The molecule has 3 rings (SSSR count). The van der Waals surface area contributed by atoms with Crippen LogP contribution in [-0.4, -0.2) is 57.1 Å². The molecule has 0 radical (unpaired) electrons. The minimum Gasteiger partial charge on any atom is -0.492 e. The number of hydrogen-bond donors (Lipinski definition) is 1. The normalized spacial score (nSPS) is 11.9. The van der Waals surface area contributed by atoms with Crippen LogP contribution in [0.1, 0.15) is 25.0 Å². The van der Waals surface area contributed by atoms with Crippen LogP contribution in [0, 0.1) is 0 Å². The van der Waals surface area contributed by atoms with E-state index in [4.69, 9.17) is 16.3 Å². The maximum atomic E-state index is 14.0. The predicted molar refractivity (Wildman–Crippen MR) is 154 cm³/mol. The lowest BCUT2D eigenvalue weighted by Gasteiger charge is -2.33. The van der Waals surface area contributed by atoms with Gasteiger partial charge < -0.3 is 15.0 Å². The first-order chi connectivity index (χ1) is 18.6. The molecule has 0 saturated carbocycles. The fraction of sp³-hybridized carbons (Fsp3) is 0.310. The summed E-state index contributed by atoms with van der Waals surface area (Å²) < 4.78 is 32.6. The van der Waals surface area contributed by atoms with Crippen LogP contribution >= 0.6 is 11.6 Å². The van der Waals surface area contributed by atoms with Crippen molar-refractivity contribution in [3.8, 4) is 5.75 Å². The maximum Gasteiger partial charge on any atom is 0.244 e. The van der Waals surface area contributed by atoms with Crippen LogP contribution in [0.25, 0.3) is 0 Å². The number of sulfonamides is 1. The second-order valence-electron chi connectivity index (χ2n) is 8.92. The van der Waals surface area contributed by atoms with Gasteiger partial charge in [-0.15, -0.1) is 0 Å². The van der Waals surface area contributed by atoms with E-state index < -0.39 is 28.5 Å². The molecular formula is C29H34ClN3O5S. The molecule has 1 N–H and O–H groups in total. The molecule has 0 bridgehead atoms. The molecular weight excluding hydrogens is 538 g/mol. The molecule has 8 nitrogen and oxygen atoms in total. The molecule has 2 amide bonds. The van der Waals surface area contributed by atoms with Crippen LogP contribution < -0.4 is 14.4 Å². The Morgan fingerprint density at radius 2 is 1.56 bits per heavy atom. The largest absolute Gasteiger partial charge is 0.492 e. The van der Waals surface area contributed by atoms with Gasteiger partial charge in [-0.1, -0.05) is 66.2 Å². The molecule has 1 unspecified atom stereocenters. The quantitative estimate of drug-likeness (QED) is 0.330. The summed E-state index contributed by atoms with van der Waals surface area (Å²) >= 11 is 6.07. The van der Waals surface area contributed by atoms with Crippen molar-refractivity contribution in [3.63, 3.8) is 0 Å². The van der Waals surface area contributed by atoms with Crippen LogP contribution in [0.5, 0.6) is 5.75 Å². The third-order valence-electron chi connectivity index (χ3n) is 6.00. The lowest BCUT2D eigenvalue weighted by atomic mass is 10.0. The van der Waals surface area contributed by atoms with Gasteiger partial charge in [-0.3, -0.25) is 13.9 Å². The number of anilines is 1. The van der Waals surface area contributed by atoms with Crippen LogP contribution in [0.2, 0.25) is 5.02 Å². The third-order valence-corrected chi connectivity index (χ3v) is 7.38. The monoisotopic (exact) mass is 571 g/mol. The minimum atomic E-state index is -3.89. The SMILES string of the molecule is CCNC(=O)C(Cc1ccccc1)N(Cc1ccc(Cl)cc1)C(=O)CN(c1ccccc1OCC)S(C)(=O)=O. The van der Waals surface area contributed by atoms with Gasteiger partial charge in [0.2, 0.25) is 21.8 Å². The molecule has 0 heterocycles. The number of carbonyl (C=O) groups is 2. The molecule has 0 aliphatic carbocycles. The van der Waals surface area contributed by atoms with Crippen molar-refractivity contribution in [2.24, 2.45) is 0 Å². The number of likely N-dealkylation sites (N-methyl/N-ethyl adjacent to an activating group) is 1. The zero-order valence-electron chi connectivity index (χ0n) is 22.3. The standard InChI is InChI=1S/C29H34ClN3O5S/c1-4-31-29(35)26(19-22-11-7-6-8-12-22)32(20-23-15-17-24(30)18-16-23)28(34)21-33(39(3,36)37)25-13-9-10-14-27(25)38-5-2/h6-18,26H,4-5,19-21H2,1-3H3,(H,31,35). The van der Waals surface area contributed by atoms with Gasteiger partial charge in [-0.05, 0) is 49.2 Å². The highest BCUT2D eigenvalue weighted by Gasteiger charge is 2.33. The molecule has 0 spiro atoms. The lowest BCUT2D eigenvalue weighted by Crippen LogP contribution is -2.53. The molecule has 3 aromatic carbocycles. The van der Waals surface area contributed by atoms with E-state index in [0.29, 0.717) is 23.9 Å². The molecule has 10 heteroatoms. The Bertz CT molecular complexity index is 1350. The van der Waals surface area contributed by atoms with Crippen molar-refractivity contribution < 1.29 is 22.7 Å². The zero-order valence-corrected chi connectivity index (χ0v) is 23.9. The average molecular weight is 572 g/mol. The summed E-state index contributed by atoms with van der Waals surface area (Å²) in [6.45, 7) is 3.86. The summed E-state index contributed by atoms with van der Waals surface area (Å²) in [5, 5.41) is 3.37. The Morgan fingerprint density at radius 1 is 0.923 bits per heavy atom. The summed E-state index contributed by atoms with van der Waals surface area (Å²) in [5.74, 6) is -0.523. The molecule has 208 valence electrons. The first kappa shape index (κ1) is 30.0. The summed E-state index contributed by atoms with van der Waals surface area (Å²) in [5.41, 5.74) is 1.86. The number of ether oxygens (including phenoxy) is 1.